The number of hydrogen-bond acceptors (Lipinski definition) is 3. The van der Waals surface area contributed by atoms with Crippen LogP contribution in [0.25, 0.3) is 0 Å². The fraction of sp³-hybridized carbons (Fsp3) is 0.417. The molecule has 1 rings (SSSR count). The SMILES string of the molecule is O=C(O)NCCC(O)NCc1ccc(C(F)(F)F)cc1. The van der Waals surface area contributed by atoms with Gasteiger partial charge in [0.05, 0.1) is 5.56 Å². The van der Waals surface area contributed by atoms with Crippen molar-refractivity contribution in [2.24, 2.45) is 0 Å². The highest BCUT2D eigenvalue weighted by Crippen LogP contribution is 2.28. The second-order valence-electron chi connectivity index (χ2n) is 4.11. The smallest absolute Gasteiger partial charge is 0.416 e. The van der Waals surface area contributed by atoms with Crippen molar-refractivity contribution in [3.8, 4) is 0 Å². The maximum Gasteiger partial charge on any atom is 0.416 e. The van der Waals surface area contributed by atoms with Crippen molar-refractivity contribution in [3.63, 3.8) is 0 Å². The van der Waals surface area contributed by atoms with E-state index in [1.165, 1.54) is 12.1 Å². The van der Waals surface area contributed by atoms with E-state index in [4.69, 9.17) is 5.11 Å². The lowest BCUT2D eigenvalue weighted by Crippen LogP contribution is -2.33. The number of hydrogen-bond donors (Lipinski definition) is 4. The normalized spacial score (nSPS) is 13.0. The molecule has 8 heteroatoms. The van der Waals surface area contributed by atoms with Crippen LogP contribution in [0.4, 0.5) is 18.0 Å². The number of carbonyl (C=O) groups is 1. The molecule has 1 aromatic rings. The Hall–Kier alpha value is -1.80. The van der Waals surface area contributed by atoms with Crippen LogP contribution in [0.3, 0.4) is 0 Å². The molecule has 0 bridgehead atoms. The van der Waals surface area contributed by atoms with Crippen LogP contribution in [0.15, 0.2) is 24.3 Å². The van der Waals surface area contributed by atoms with Gasteiger partial charge in [-0.3, -0.25) is 5.32 Å². The summed E-state index contributed by atoms with van der Waals surface area (Å²) in [5.74, 6) is 0. The first-order valence-electron chi connectivity index (χ1n) is 5.83. The quantitative estimate of drug-likeness (QED) is 0.602. The largest absolute Gasteiger partial charge is 0.465 e. The van der Waals surface area contributed by atoms with E-state index in [-0.39, 0.29) is 19.5 Å². The monoisotopic (exact) mass is 292 g/mol. The van der Waals surface area contributed by atoms with Crippen molar-refractivity contribution in [3.05, 3.63) is 35.4 Å². The minimum absolute atomic E-state index is 0.0799. The standard InChI is InChI=1S/C12H15F3N2O3/c13-12(14,15)9-3-1-8(2-4-9)7-17-10(18)5-6-16-11(19)20/h1-4,10,16-18H,5-7H2,(H,19,20). The lowest BCUT2D eigenvalue weighted by molar-refractivity contribution is -0.137. The first-order chi connectivity index (χ1) is 9.29. The molecule has 1 aromatic carbocycles. The maximum atomic E-state index is 12.3. The number of carboxylic acid groups (broad SMARTS) is 1. The van der Waals surface area contributed by atoms with Crippen LogP contribution < -0.4 is 10.6 Å². The molecule has 5 nitrogen and oxygen atoms in total. The first kappa shape index (κ1) is 16.3. The fourth-order valence-electron chi connectivity index (χ4n) is 1.47. The molecule has 0 saturated carbocycles. The summed E-state index contributed by atoms with van der Waals surface area (Å²) in [5, 5.41) is 22.6. The summed E-state index contributed by atoms with van der Waals surface area (Å²) in [7, 11) is 0. The Labute approximate surface area is 113 Å². The van der Waals surface area contributed by atoms with Crippen molar-refractivity contribution in [2.45, 2.75) is 25.4 Å². The van der Waals surface area contributed by atoms with Gasteiger partial charge in [-0.2, -0.15) is 13.2 Å². The molecule has 1 atom stereocenters. The summed E-state index contributed by atoms with van der Waals surface area (Å²) < 4.78 is 37.0. The van der Waals surface area contributed by atoms with Crippen LogP contribution in [0.1, 0.15) is 17.5 Å². The zero-order chi connectivity index (χ0) is 15.2. The average Bonchev–Trinajstić information content (AvgIpc) is 2.35. The minimum atomic E-state index is -4.37. The third-order valence-corrected chi connectivity index (χ3v) is 2.52. The van der Waals surface area contributed by atoms with E-state index in [0.717, 1.165) is 12.1 Å². The lowest BCUT2D eigenvalue weighted by Gasteiger charge is -2.13. The summed E-state index contributed by atoms with van der Waals surface area (Å²) in [6.07, 6.45) is -6.33. The molecule has 0 heterocycles. The van der Waals surface area contributed by atoms with Crippen molar-refractivity contribution in [1.82, 2.24) is 10.6 Å². The highest BCUT2D eigenvalue weighted by Gasteiger charge is 2.29. The third kappa shape index (κ3) is 5.89. The van der Waals surface area contributed by atoms with Gasteiger partial charge < -0.3 is 15.5 Å². The lowest BCUT2D eigenvalue weighted by atomic mass is 10.1. The van der Waals surface area contributed by atoms with E-state index in [0.29, 0.717) is 5.56 Å². The zero-order valence-electron chi connectivity index (χ0n) is 10.4. The number of aliphatic hydroxyl groups excluding tert-OH is 1. The highest BCUT2D eigenvalue weighted by molar-refractivity contribution is 5.64. The van der Waals surface area contributed by atoms with E-state index >= 15 is 0 Å². The maximum absolute atomic E-state index is 12.3. The fourth-order valence-corrected chi connectivity index (χ4v) is 1.47. The Morgan fingerprint density at radius 1 is 1.25 bits per heavy atom. The van der Waals surface area contributed by atoms with Crippen molar-refractivity contribution >= 4 is 6.09 Å². The van der Waals surface area contributed by atoms with E-state index in [2.05, 4.69) is 10.6 Å². The summed E-state index contributed by atoms with van der Waals surface area (Å²) in [4.78, 5) is 10.2. The van der Waals surface area contributed by atoms with Crippen molar-refractivity contribution in [2.75, 3.05) is 6.54 Å². The average molecular weight is 292 g/mol. The molecule has 0 spiro atoms. The molecule has 0 aliphatic rings. The summed E-state index contributed by atoms with van der Waals surface area (Å²) in [5.41, 5.74) is -0.143. The topological polar surface area (TPSA) is 81.6 Å². The van der Waals surface area contributed by atoms with Crippen molar-refractivity contribution < 1.29 is 28.2 Å². The molecule has 0 radical (unpaired) electrons. The van der Waals surface area contributed by atoms with Gasteiger partial charge in [-0.05, 0) is 17.7 Å². The van der Waals surface area contributed by atoms with Gasteiger partial charge in [-0.1, -0.05) is 12.1 Å². The van der Waals surface area contributed by atoms with E-state index in [1.807, 2.05) is 0 Å². The van der Waals surface area contributed by atoms with Crippen LogP contribution >= 0.6 is 0 Å². The first-order valence-corrected chi connectivity index (χ1v) is 5.83. The van der Waals surface area contributed by atoms with Gasteiger partial charge in [0.15, 0.2) is 0 Å². The predicted molar refractivity (Wildman–Crippen MR) is 64.9 cm³/mol. The molecular formula is C12H15F3N2O3. The number of aliphatic hydroxyl groups is 1. The number of rotatable bonds is 6. The number of amides is 1. The van der Waals surface area contributed by atoms with Gasteiger partial charge in [-0.15, -0.1) is 0 Å². The Morgan fingerprint density at radius 3 is 2.35 bits per heavy atom. The van der Waals surface area contributed by atoms with Gasteiger partial charge in [0.2, 0.25) is 0 Å². The summed E-state index contributed by atoms with van der Waals surface area (Å²) in [6.45, 7) is 0.267. The zero-order valence-corrected chi connectivity index (χ0v) is 10.4. The minimum Gasteiger partial charge on any atom is -0.465 e. The number of halogens is 3. The van der Waals surface area contributed by atoms with E-state index in [9.17, 15) is 23.1 Å². The summed E-state index contributed by atoms with van der Waals surface area (Å²) >= 11 is 0. The van der Waals surface area contributed by atoms with Gasteiger partial charge >= 0.3 is 12.3 Å². The molecule has 0 aromatic heterocycles. The van der Waals surface area contributed by atoms with Crippen LogP contribution in [-0.2, 0) is 12.7 Å². The second kappa shape index (κ2) is 7.11. The van der Waals surface area contributed by atoms with Gasteiger partial charge in [0.1, 0.15) is 6.23 Å². The van der Waals surface area contributed by atoms with Crippen LogP contribution in [0.5, 0.6) is 0 Å². The van der Waals surface area contributed by atoms with Gasteiger partial charge in [0.25, 0.3) is 0 Å². The van der Waals surface area contributed by atoms with Crippen molar-refractivity contribution in [1.29, 1.82) is 0 Å². The predicted octanol–water partition coefficient (Wildman–Crippen LogP) is 1.77. The molecule has 20 heavy (non-hydrogen) atoms. The number of alkyl halides is 3. The Balaban J connectivity index is 2.36. The summed E-state index contributed by atoms with van der Waals surface area (Å²) in [6, 6.07) is 4.57. The molecule has 0 aliphatic carbocycles. The molecule has 0 fully saturated rings. The molecule has 112 valence electrons. The van der Waals surface area contributed by atoms with Gasteiger partial charge in [0, 0.05) is 19.5 Å². The third-order valence-electron chi connectivity index (χ3n) is 2.52. The molecule has 0 aliphatic heterocycles. The molecule has 4 N–H and O–H groups in total. The molecule has 1 amide bonds. The molecular weight excluding hydrogens is 277 g/mol. The molecule has 0 saturated heterocycles. The Morgan fingerprint density at radius 2 is 1.85 bits per heavy atom. The Kier molecular flexibility index (Phi) is 5.78. The van der Waals surface area contributed by atoms with Crippen LogP contribution in [0, 0.1) is 0 Å². The van der Waals surface area contributed by atoms with Gasteiger partial charge in [-0.25, -0.2) is 4.79 Å². The molecule has 1 unspecified atom stereocenters. The number of nitrogens with one attached hydrogen (secondary N) is 2. The second-order valence-corrected chi connectivity index (χ2v) is 4.11. The highest BCUT2D eigenvalue weighted by atomic mass is 19.4. The number of benzene rings is 1. The van der Waals surface area contributed by atoms with Crippen LogP contribution in [0.2, 0.25) is 0 Å². The van der Waals surface area contributed by atoms with E-state index < -0.39 is 24.1 Å². The van der Waals surface area contributed by atoms with E-state index in [1.54, 1.807) is 0 Å². The Bertz CT molecular complexity index is 435. The van der Waals surface area contributed by atoms with Crippen LogP contribution in [-0.4, -0.2) is 29.1 Å².